The van der Waals surface area contributed by atoms with Crippen molar-refractivity contribution in [1.29, 1.82) is 0 Å². The molecule has 3 aliphatic rings. The zero-order valence-corrected chi connectivity index (χ0v) is 25.1. The summed E-state index contributed by atoms with van der Waals surface area (Å²) in [6.45, 7) is 7.94. The van der Waals surface area contributed by atoms with E-state index in [9.17, 15) is 13.6 Å². The van der Waals surface area contributed by atoms with Gasteiger partial charge in [0.25, 0.3) is 0 Å². The van der Waals surface area contributed by atoms with E-state index in [1.54, 1.807) is 24.3 Å². The Kier molecular flexibility index (Phi) is 9.50. The van der Waals surface area contributed by atoms with Crippen LogP contribution in [0.4, 0.5) is 41.9 Å². The van der Waals surface area contributed by atoms with E-state index in [4.69, 9.17) is 14.5 Å². The van der Waals surface area contributed by atoms with Crippen molar-refractivity contribution < 1.29 is 27.4 Å². The Morgan fingerprint density at radius 3 is 2.41 bits per heavy atom. The highest BCUT2D eigenvalue weighted by Gasteiger charge is 2.24. The van der Waals surface area contributed by atoms with Crippen LogP contribution >= 0.6 is 0 Å². The average Bonchev–Trinajstić information content (AvgIpc) is 3.07. The summed E-state index contributed by atoms with van der Waals surface area (Å²) in [4.78, 5) is 25.1. The van der Waals surface area contributed by atoms with Crippen LogP contribution in [0.25, 0.3) is 11.3 Å². The lowest BCUT2D eigenvalue weighted by molar-refractivity contribution is -0.111. The molecule has 1 unspecified atom stereocenters. The van der Waals surface area contributed by atoms with E-state index in [-0.39, 0.29) is 23.5 Å². The number of ether oxygens (including phenoxy) is 2. The fourth-order valence-electron chi connectivity index (χ4n) is 5.60. The highest BCUT2D eigenvalue weighted by molar-refractivity contribution is 5.99. The number of nitrogens with one attached hydrogen (secondary N) is 3. The molecule has 0 saturated carbocycles. The van der Waals surface area contributed by atoms with Crippen LogP contribution < -0.4 is 20.9 Å². The lowest BCUT2D eigenvalue weighted by Crippen LogP contribution is -2.38. The first-order chi connectivity index (χ1) is 22.4. The van der Waals surface area contributed by atoms with E-state index in [1.807, 2.05) is 9.80 Å². The van der Waals surface area contributed by atoms with E-state index in [0.717, 1.165) is 6.08 Å². The molecule has 0 radical (unpaired) electrons. The number of morpholine rings is 2. The van der Waals surface area contributed by atoms with Crippen molar-refractivity contribution in [2.45, 2.75) is 12.5 Å². The van der Waals surface area contributed by atoms with Crippen LogP contribution in [-0.4, -0.2) is 79.4 Å². The molecule has 1 amide bonds. The van der Waals surface area contributed by atoms with Crippen LogP contribution in [0, 0.1) is 11.6 Å². The number of halogens is 3. The second-order valence-electron chi connectivity index (χ2n) is 11.0. The third-order valence-electron chi connectivity index (χ3n) is 7.86. The quantitative estimate of drug-likeness (QED) is 0.268. The highest BCUT2D eigenvalue weighted by atomic mass is 19.1. The van der Waals surface area contributed by atoms with Crippen molar-refractivity contribution in [1.82, 2.24) is 14.9 Å². The molecule has 3 N–H and O–H groups in total. The molecular formula is C33H34F3N7O3. The van der Waals surface area contributed by atoms with E-state index < -0.39 is 17.5 Å². The summed E-state index contributed by atoms with van der Waals surface area (Å²) >= 11 is 0. The van der Waals surface area contributed by atoms with E-state index in [1.165, 1.54) is 30.5 Å². The van der Waals surface area contributed by atoms with Gasteiger partial charge in [0.15, 0.2) is 0 Å². The molecule has 10 nitrogen and oxygen atoms in total. The fraction of sp³-hybridized carbons (Fsp3) is 0.303. The molecular weight excluding hydrogens is 599 g/mol. The van der Waals surface area contributed by atoms with Gasteiger partial charge in [-0.25, -0.2) is 23.1 Å². The maximum atomic E-state index is 15.2. The Bertz CT molecular complexity index is 1670. The first kappa shape index (κ1) is 31.1. The van der Waals surface area contributed by atoms with Crippen molar-refractivity contribution in [3.8, 4) is 11.3 Å². The summed E-state index contributed by atoms with van der Waals surface area (Å²) in [5, 5.41) is 8.99. The van der Waals surface area contributed by atoms with Crippen molar-refractivity contribution in [3.05, 3.63) is 90.6 Å². The smallest absolute Gasteiger partial charge is 0.247 e. The predicted octanol–water partition coefficient (Wildman–Crippen LogP) is 5.38. The minimum atomic E-state index is -0.608. The van der Waals surface area contributed by atoms with Crippen molar-refractivity contribution in [3.63, 3.8) is 0 Å². The number of benzene rings is 2. The van der Waals surface area contributed by atoms with Gasteiger partial charge in [-0.1, -0.05) is 12.7 Å². The first-order valence-corrected chi connectivity index (χ1v) is 15.0. The molecule has 3 heterocycles. The molecule has 240 valence electrons. The zero-order chi connectivity index (χ0) is 32.0. The summed E-state index contributed by atoms with van der Waals surface area (Å²) in [5.74, 6) is -1.59. The van der Waals surface area contributed by atoms with Crippen LogP contribution in [0.5, 0.6) is 0 Å². The number of hydrogen-bond donors (Lipinski definition) is 3. The van der Waals surface area contributed by atoms with Crippen molar-refractivity contribution >= 4 is 34.6 Å². The molecule has 2 aliphatic heterocycles. The predicted molar refractivity (Wildman–Crippen MR) is 171 cm³/mol. The molecule has 46 heavy (non-hydrogen) atoms. The number of carbonyl (C=O) groups excluding carboxylic acids is 1. The van der Waals surface area contributed by atoms with Crippen LogP contribution in [-0.2, 0) is 14.3 Å². The maximum absolute atomic E-state index is 15.2. The number of hydrogen-bond acceptors (Lipinski definition) is 9. The van der Waals surface area contributed by atoms with Gasteiger partial charge >= 0.3 is 0 Å². The molecule has 2 aromatic carbocycles. The molecule has 1 aliphatic carbocycles. The fourth-order valence-corrected chi connectivity index (χ4v) is 5.60. The summed E-state index contributed by atoms with van der Waals surface area (Å²) in [6.07, 6.45) is 6.10. The maximum Gasteiger partial charge on any atom is 0.247 e. The van der Waals surface area contributed by atoms with Crippen LogP contribution in [0.3, 0.4) is 0 Å². The largest absolute Gasteiger partial charge is 0.378 e. The minimum absolute atomic E-state index is 0.200. The van der Waals surface area contributed by atoms with Crippen molar-refractivity contribution in [2.75, 3.05) is 73.5 Å². The molecule has 2 fully saturated rings. The number of nitrogens with zero attached hydrogens (tertiary/aromatic N) is 4. The second-order valence-corrected chi connectivity index (χ2v) is 11.0. The van der Waals surface area contributed by atoms with Gasteiger partial charge < -0.3 is 35.2 Å². The second kappa shape index (κ2) is 14.0. The lowest BCUT2D eigenvalue weighted by atomic mass is 10.0. The number of aromatic nitrogens is 2. The summed E-state index contributed by atoms with van der Waals surface area (Å²) in [6, 6.07) is 8.52. The molecule has 0 spiro atoms. The van der Waals surface area contributed by atoms with Crippen LogP contribution in [0.2, 0.25) is 0 Å². The SMILES string of the molecule is C=CC(=O)Nc1cc(F)cc(-c2nc(NC3C=CC(F)=C(N4CCOCC4)C3)ncc2Nc2ccc(N3CCOCC3)c(F)c2)c1. The van der Waals surface area contributed by atoms with Gasteiger partial charge in [0.1, 0.15) is 17.5 Å². The third-order valence-corrected chi connectivity index (χ3v) is 7.86. The van der Waals surface area contributed by atoms with Crippen LogP contribution in [0.15, 0.2) is 78.9 Å². The number of rotatable bonds is 9. The summed E-state index contributed by atoms with van der Waals surface area (Å²) in [7, 11) is 0. The number of allylic oxidation sites excluding steroid dienone is 2. The number of anilines is 5. The van der Waals surface area contributed by atoms with Crippen LogP contribution in [0.1, 0.15) is 6.42 Å². The highest BCUT2D eigenvalue weighted by Crippen LogP contribution is 2.34. The molecule has 1 aromatic heterocycles. The van der Waals surface area contributed by atoms with E-state index >= 15 is 4.39 Å². The van der Waals surface area contributed by atoms with Gasteiger partial charge in [-0.15, -0.1) is 0 Å². The normalized spacial score (nSPS) is 18.4. The van der Waals surface area contributed by atoms with Crippen molar-refractivity contribution in [2.24, 2.45) is 0 Å². The van der Waals surface area contributed by atoms with E-state index in [2.05, 4.69) is 27.5 Å². The Morgan fingerprint density at radius 1 is 0.957 bits per heavy atom. The Labute approximate surface area is 264 Å². The minimum Gasteiger partial charge on any atom is -0.378 e. The molecule has 6 rings (SSSR count). The molecule has 13 heteroatoms. The topological polar surface area (TPSA) is 104 Å². The number of carbonyl (C=O) groups is 1. The summed E-state index contributed by atoms with van der Waals surface area (Å²) in [5.41, 5.74) is 2.68. The molecule has 1 atom stereocenters. The Balaban J connectivity index is 1.30. The standard InChI is InChI=1S/C33H34F3N7O3/c1-2-31(44)39-25-16-21(15-22(34)17-25)32-28(38-23-4-6-29(27(36)18-23)42-7-11-45-12-8-42)20-37-33(41-32)40-24-3-5-26(35)30(19-24)43-9-13-46-14-10-43/h2-6,15-18,20,24,38H,1,7-14,19H2,(H,39,44)(H,37,40,41). The Morgan fingerprint density at radius 2 is 1.70 bits per heavy atom. The van der Waals surface area contributed by atoms with Gasteiger partial charge in [0.05, 0.1) is 61.4 Å². The first-order valence-electron chi connectivity index (χ1n) is 15.0. The molecule has 0 bridgehead atoms. The van der Waals surface area contributed by atoms with E-state index in [0.29, 0.717) is 93.0 Å². The average molecular weight is 634 g/mol. The molecule has 2 saturated heterocycles. The third kappa shape index (κ3) is 7.32. The Hall–Kier alpha value is -4.88. The van der Waals surface area contributed by atoms with Gasteiger partial charge in [-0.2, -0.15) is 0 Å². The zero-order valence-electron chi connectivity index (χ0n) is 25.1. The summed E-state index contributed by atoms with van der Waals surface area (Å²) < 4.78 is 55.6. The van der Waals surface area contributed by atoms with Gasteiger partial charge in [0, 0.05) is 49.5 Å². The lowest BCUT2D eigenvalue weighted by Gasteiger charge is -2.34. The van der Waals surface area contributed by atoms with Gasteiger partial charge in [-0.05, 0) is 48.6 Å². The molecule has 3 aromatic rings. The van der Waals surface area contributed by atoms with Gasteiger partial charge in [0.2, 0.25) is 11.9 Å². The van der Waals surface area contributed by atoms with Gasteiger partial charge in [-0.3, -0.25) is 4.79 Å². The monoisotopic (exact) mass is 633 g/mol. The number of amides is 1.